The maximum atomic E-state index is 4.91. The van der Waals surface area contributed by atoms with Gasteiger partial charge in [-0.25, -0.2) is 15.0 Å². The lowest BCUT2D eigenvalue weighted by atomic mass is 9.94. The van der Waals surface area contributed by atoms with Gasteiger partial charge in [0.1, 0.15) is 5.82 Å². The van der Waals surface area contributed by atoms with E-state index in [1.54, 1.807) is 12.4 Å². The molecule has 0 fully saturated rings. The zero-order chi connectivity index (χ0) is 20.7. The first kappa shape index (κ1) is 18.4. The van der Waals surface area contributed by atoms with Crippen LogP contribution in [0.5, 0.6) is 0 Å². The molecular formula is C26H22N4. The molecule has 146 valence electrons. The topological polar surface area (TPSA) is 51.6 Å². The number of aromatic nitrogens is 4. The summed E-state index contributed by atoms with van der Waals surface area (Å²) in [4.78, 5) is 18.8. The molecule has 0 saturated heterocycles. The number of pyridine rings is 1. The molecule has 4 heteroatoms. The third-order valence-electron chi connectivity index (χ3n) is 5.23. The Morgan fingerprint density at radius 1 is 0.667 bits per heavy atom. The van der Waals surface area contributed by atoms with Crippen molar-refractivity contribution in [3.05, 3.63) is 84.9 Å². The smallest absolute Gasteiger partial charge is 0.165 e. The minimum absolute atomic E-state index is 0.207. The van der Waals surface area contributed by atoms with E-state index >= 15 is 0 Å². The number of benzene rings is 3. The molecule has 3 aromatic carbocycles. The van der Waals surface area contributed by atoms with E-state index in [1.807, 2.05) is 12.1 Å². The molecule has 2 aromatic heterocycles. The average Bonchev–Trinajstić information content (AvgIpc) is 2.78. The average molecular weight is 390 g/mol. The van der Waals surface area contributed by atoms with E-state index in [1.165, 1.54) is 16.2 Å². The molecule has 0 spiro atoms. The normalized spacial score (nSPS) is 11.8. The van der Waals surface area contributed by atoms with Crippen LogP contribution in [-0.2, 0) is 5.41 Å². The van der Waals surface area contributed by atoms with Gasteiger partial charge in [-0.15, -0.1) is 0 Å². The summed E-state index contributed by atoms with van der Waals surface area (Å²) >= 11 is 0. The second kappa shape index (κ2) is 6.99. The van der Waals surface area contributed by atoms with Crippen molar-refractivity contribution in [3.63, 3.8) is 0 Å². The van der Waals surface area contributed by atoms with Gasteiger partial charge in [0.25, 0.3) is 0 Å². The Morgan fingerprint density at radius 2 is 1.37 bits per heavy atom. The SMILES string of the molecule is CC(C)(C)c1nc(-c2cccnc2)nc(-c2cc3ccccc3c3ccccc23)n1. The lowest BCUT2D eigenvalue weighted by molar-refractivity contribution is 0.543. The summed E-state index contributed by atoms with van der Waals surface area (Å²) in [5, 5.41) is 4.74. The van der Waals surface area contributed by atoms with Gasteiger partial charge < -0.3 is 0 Å². The van der Waals surface area contributed by atoms with Crippen LogP contribution in [0.2, 0.25) is 0 Å². The number of rotatable bonds is 2. The van der Waals surface area contributed by atoms with Gasteiger partial charge in [0.15, 0.2) is 11.6 Å². The van der Waals surface area contributed by atoms with Crippen molar-refractivity contribution >= 4 is 21.5 Å². The third-order valence-corrected chi connectivity index (χ3v) is 5.23. The maximum absolute atomic E-state index is 4.91. The Morgan fingerprint density at radius 3 is 2.10 bits per heavy atom. The lowest BCUT2D eigenvalue weighted by Gasteiger charge is -2.19. The quantitative estimate of drug-likeness (QED) is 0.337. The van der Waals surface area contributed by atoms with Crippen molar-refractivity contribution in [2.75, 3.05) is 0 Å². The standard InChI is InChI=1S/C26H22N4/c1-26(2,3)25-29-23(18-10-8-14-27-16-18)28-24(30-25)22-15-17-9-4-5-11-19(17)20-12-6-7-13-21(20)22/h4-16H,1-3H3. The summed E-state index contributed by atoms with van der Waals surface area (Å²) in [5.74, 6) is 2.11. The molecule has 5 rings (SSSR count). The third kappa shape index (κ3) is 3.20. The highest BCUT2D eigenvalue weighted by molar-refractivity contribution is 6.13. The van der Waals surface area contributed by atoms with E-state index in [4.69, 9.17) is 15.0 Å². The summed E-state index contributed by atoms with van der Waals surface area (Å²) in [5.41, 5.74) is 1.69. The first-order valence-corrected chi connectivity index (χ1v) is 10.1. The van der Waals surface area contributed by atoms with Crippen LogP contribution in [-0.4, -0.2) is 19.9 Å². The van der Waals surface area contributed by atoms with Gasteiger partial charge in [-0.3, -0.25) is 4.98 Å². The van der Waals surface area contributed by atoms with Crippen LogP contribution >= 0.6 is 0 Å². The minimum Gasteiger partial charge on any atom is -0.264 e. The largest absolute Gasteiger partial charge is 0.264 e. The molecule has 0 aliphatic carbocycles. The van der Waals surface area contributed by atoms with Gasteiger partial charge in [-0.05, 0) is 39.7 Å². The van der Waals surface area contributed by atoms with Crippen LogP contribution in [0.25, 0.3) is 44.3 Å². The fourth-order valence-electron chi connectivity index (χ4n) is 3.70. The molecule has 30 heavy (non-hydrogen) atoms. The Labute approximate surface area is 175 Å². The minimum atomic E-state index is -0.207. The van der Waals surface area contributed by atoms with Crippen molar-refractivity contribution in [2.45, 2.75) is 26.2 Å². The Hall–Kier alpha value is -3.66. The van der Waals surface area contributed by atoms with Crippen LogP contribution in [0.3, 0.4) is 0 Å². The van der Waals surface area contributed by atoms with Gasteiger partial charge in [0.2, 0.25) is 0 Å². The summed E-state index contributed by atoms with van der Waals surface area (Å²) in [6.45, 7) is 6.37. The molecular weight excluding hydrogens is 368 g/mol. The zero-order valence-electron chi connectivity index (χ0n) is 17.3. The molecule has 0 aliphatic heterocycles. The predicted molar refractivity (Wildman–Crippen MR) is 122 cm³/mol. The molecule has 0 N–H and O–H groups in total. The van der Waals surface area contributed by atoms with Gasteiger partial charge in [-0.2, -0.15) is 0 Å². The summed E-state index contributed by atoms with van der Waals surface area (Å²) in [6.07, 6.45) is 3.55. The van der Waals surface area contributed by atoms with Gasteiger partial charge in [0, 0.05) is 28.9 Å². The zero-order valence-corrected chi connectivity index (χ0v) is 17.3. The van der Waals surface area contributed by atoms with Crippen LogP contribution in [0, 0.1) is 0 Å². The molecule has 0 unspecified atom stereocenters. The molecule has 0 amide bonds. The van der Waals surface area contributed by atoms with E-state index in [9.17, 15) is 0 Å². The molecule has 0 radical (unpaired) electrons. The van der Waals surface area contributed by atoms with Crippen LogP contribution in [0.4, 0.5) is 0 Å². The van der Waals surface area contributed by atoms with Crippen molar-refractivity contribution in [1.82, 2.24) is 19.9 Å². The molecule has 0 bridgehead atoms. The number of hydrogen-bond acceptors (Lipinski definition) is 4. The monoisotopic (exact) mass is 390 g/mol. The van der Waals surface area contributed by atoms with E-state index in [2.05, 4.69) is 80.4 Å². The Kier molecular flexibility index (Phi) is 4.28. The van der Waals surface area contributed by atoms with E-state index in [0.717, 1.165) is 22.3 Å². The first-order chi connectivity index (χ1) is 14.5. The highest BCUT2D eigenvalue weighted by atomic mass is 15.0. The summed E-state index contributed by atoms with van der Waals surface area (Å²) in [6, 6.07) is 23.0. The lowest BCUT2D eigenvalue weighted by Crippen LogP contribution is -2.18. The molecule has 0 aliphatic rings. The van der Waals surface area contributed by atoms with E-state index in [-0.39, 0.29) is 5.41 Å². The van der Waals surface area contributed by atoms with Gasteiger partial charge in [0.05, 0.1) is 0 Å². The Bertz CT molecular complexity index is 1370. The molecule has 2 heterocycles. The number of nitrogens with zero attached hydrogens (tertiary/aromatic N) is 4. The fraction of sp³-hybridized carbons (Fsp3) is 0.154. The first-order valence-electron chi connectivity index (χ1n) is 10.1. The molecule has 4 nitrogen and oxygen atoms in total. The van der Waals surface area contributed by atoms with Gasteiger partial charge in [-0.1, -0.05) is 69.3 Å². The summed E-state index contributed by atoms with van der Waals surface area (Å²) < 4.78 is 0. The fourth-order valence-corrected chi connectivity index (χ4v) is 3.70. The van der Waals surface area contributed by atoms with Gasteiger partial charge >= 0.3 is 0 Å². The Balaban J connectivity index is 1.85. The van der Waals surface area contributed by atoms with Crippen LogP contribution in [0.15, 0.2) is 79.1 Å². The van der Waals surface area contributed by atoms with Crippen molar-refractivity contribution in [3.8, 4) is 22.8 Å². The van der Waals surface area contributed by atoms with Crippen molar-refractivity contribution in [2.24, 2.45) is 0 Å². The molecule has 0 atom stereocenters. The van der Waals surface area contributed by atoms with Crippen molar-refractivity contribution < 1.29 is 0 Å². The van der Waals surface area contributed by atoms with Crippen LogP contribution < -0.4 is 0 Å². The maximum Gasteiger partial charge on any atom is 0.165 e. The van der Waals surface area contributed by atoms with E-state index < -0.39 is 0 Å². The highest BCUT2D eigenvalue weighted by Crippen LogP contribution is 2.34. The predicted octanol–water partition coefficient (Wildman–Crippen LogP) is 6.20. The number of hydrogen-bond donors (Lipinski definition) is 0. The highest BCUT2D eigenvalue weighted by Gasteiger charge is 2.22. The van der Waals surface area contributed by atoms with Crippen molar-refractivity contribution in [1.29, 1.82) is 0 Å². The van der Waals surface area contributed by atoms with Crippen LogP contribution in [0.1, 0.15) is 26.6 Å². The van der Waals surface area contributed by atoms with E-state index in [0.29, 0.717) is 11.6 Å². The number of fused-ring (bicyclic) bond motifs is 3. The second-order valence-electron chi connectivity index (χ2n) is 8.49. The second-order valence-corrected chi connectivity index (χ2v) is 8.49. The summed E-state index contributed by atoms with van der Waals surface area (Å²) in [7, 11) is 0. The molecule has 0 saturated carbocycles. The molecule has 5 aromatic rings.